The molecule has 6 unspecified atom stereocenters. The van der Waals surface area contributed by atoms with E-state index in [1.54, 1.807) is 0 Å². The first-order chi connectivity index (χ1) is 35.5. The second kappa shape index (κ2) is 50.8. The molecule has 0 aromatic heterocycles. The van der Waals surface area contributed by atoms with Gasteiger partial charge >= 0.3 is 13.8 Å². The van der Waals surface area contributed by atoms with Crippen LogP contribution in [0.1, 0.15) is 316 Å². The molecule has 0 amide bonds. The van der Waals surface area contributed by atoms with Crippen LogP contribution in [0.3, 0.4) is 0 Å². The lowest BCUT2D eigenvalue weighted by atomic mass is 9.85. The highest BCUT2D eigenvalue weighted by Crippen LogP contribution is 2.47. The van der Waals surface area contributed by atoms with Gasteiger partial charge in [0.1, 0.15) is 42.7 Å². The van der Waals surface area contributed by atoms with Crippen LogP contribution in [0.15, 0.2) is 0 Å². The lowest BCUT2D eigenvalue weighted by Crippen LogP contribution is -2.64. The summed E-state index contributed by atoms with van der Waals surface area (Å²) in [6.45, 7) is 4.36. The van der Waals surface area contributed by atoms with E-state index >= 15 is 0 Å². The van der Waals surface area contributed by atoms with E-state index in [0.29, 0.717) is 13.0 Å². The molecule has 1 saturated carbocycles. The summed E-state index contributed by atoms with van der Waals surface area (Å²) < 4.78 is 34.5. The van der Waals surface area contributed by atoms with Crippen molar-refractivity contribution in [3.8, 4) is 0 Å². The molecule has 0 aromatic carbocycles. The molecule has 6 N–H and O–H groups in total. The summed E-state index contributed by atoms with van der Waals surface area (Å²) in [6.07, 6.45) is 47.6. The van der Waals surface area contributed by atoms with Crippen molar-refractivity contribution < 1.29 is 58.3 Å². The number of aliphatic hydroxyl groups is 5. The highest BCUT2D eigenvalue weighted by Gasteiger charge is 2.51. The molecule has 0 aliphatic heterocycles. The molecule has 0 heterocycles. The molecule has 0 radical (unpaired) electrons. The highest BCUT2D eigenvalue weighted by atomic mass is 31.2. The first kappa shape index (κ1) is 70.4. The van der Waals surface area contributed by atoms with Gasteiger partial charge in [0, 0.05) is 13.0 Å². The van der Waals surface area contributed by atoms with E-state index in [4.69, 9.17) is 18.5 Å². The van der Waals surface area contributed by atoms with Crippen molar-refractivity contribution in [2.45, 2.75) is 358 Å². The third-order valence-electron chi connectivity index (χ3n) is 15.2. The van der Waals surface area contributed by atoms with E-state index in [9.17, 15) is 39.8 Å². The number of phosphoric ester groups is 1. The van der Waals surface area contributed by atoms with E-state index in [0.717, 1.165) is 38.5 Å². The van der Waals surface area contributed by atoms with Crippen LogP contribution in [0, 0.1) is 0 Å². The molecule has 12 nitrogen and oxygen atoms in total. The number of hydrogen-bond acceptors (Lipinski definition) is 11. The minimum absolute atomic E-state index is 0.0668. The Hall–Kier alpha value is -0.660. The topological polar surface area (TPSA) is 192 Å². The van der Waals surface area contributed by atoms with Crippen LogP contribution in [-0.4, -0.2) is 98.9 Å². The van der Waals surface area contributed by atoms with Crippen molar-refractivity contribution in [2.24, 2.45) is 0 Å². The van der Waals surface area contributed by atoms with E-state index < -0.39 is 63.1 Å². The Morgan fingerprint density at radius 2 is 0.644 bits per heavy atom. The maximum atomic E-state index is 12.9. The number of aliphatic hydroxyl groups excluding tert-OH is 5. The standard InChI is InChI=1S/C60H119O12P/c1-3-5-7-9-11-13-15-17-19-21-23-25-26-27-28-29-30-31-33-35-37-39-41-43-45-47-49-54(61)71-53(52-70-73(67,68)72-60-58(65)56(63)55(62)57(64)59(60)66)51-69-50-48-46-44-42-40-38-36-34-32-24-22-20-18-16-14-12-10-8-6-4-2/h53,55-60,62-66H,3-52H2,1-2H3,(H,67,68)/t53-,55?,56-,57?,58?,59?,60?/m1/s1. The Bertz CT molecular complexity index is 1210. The summed E-state index contributed by atoms with van der Waals surface area (Å²) in [4.78, 5) is 23.4. The summed E-state index contributed by atoms with van der Waals surface area (Å²) in [5.41, 5.74) is 0. The van der Waals surface area contributed by atoms with Gasteiger partial charge in [0.2, 0.25) is 0 Å². The number of ether oxygens (including phenoxy) is 2. The number of phosphoric acid groups is 1. The summed E-state index contributed by atoms with van der Waals surface area (Å²) in [7, 11) is -5.02. The van der Waals surface area contributed by atoms with Gasteiger partial charge in [0.05, 0.1) is 13.2 Å². The third kappa shape index (κ3) is 42.0. The minimum Gasteiger partial charge on any atom is -0.457 e. The number of carbonyl (C=O) groups excluding carboxylic acids is 1. The molecule has 1 aliphatic carbocycles. The Morgan fingerprint density at radius 3 is 0.945 bits per heavy atom. The van der Waals surface area contributed by atoms with Crippen LogP contribution in [0.25, 0.3) is 0 Å². The number of carbonyl (C=O) groups is 1. The first-order valence-electron chi connectivity index (χ1n) is 31.4. The monoisotopic (exact) mass is 1060 g/mol. The fraction of sp³-hybridized carbons (Fsp3) is 0.983. The average molecular weight is 1060 g/mol. The van der Waals surface area contributed by atoms with Gasteiger partial charge in [-0.05, 0) is 12.8 Å². The molecule has 0 bridgehead atoms. The Labute approximate surface area is 448 Å². The van der Waals surface area contributed by atoms with E-state index in [1.165, 1.54) is 250 Å². The zero-order valence-electron chi connectivity index (χ0n) is 47.5. The molecular weight excluding hydrogens is 944 g/mol. The van der Waals surface area contributed by atoms with Crippen molar-refractivity contribution in [1.82, 2.24) is 0 Å². The third-order valence-corrected chi connectivity index (χ3v) is 16.2. The second-order valence-corrected chi connectivity index (χ2v) is 23.7. The smallest absolute Gasteiger partial charge is 0.457 e. The molecule has 8 atom stereocenters. The largest absolute Gasteiger partial charge is 0.472 e. The summed E-state index contributed by atoms with van der Waals surface area (Å²) in [6, 6.07) is 0. The lowest BCUT2D eigenvalue weighted by Gasteiger charge is -2.41. The summed E-state index contributed by atoms with van der Waals surface area (Å²) in [5, 5.41) is 50.5. The SMILES string of the molecule is CCCCCCCCCCCCCCCCCCCCCCCCCCCCC(=O)O[C@H](COCCCCCCCCCCCCCCCCCCCCCC)COP(=O)(O)OC1C(O)C(O)C(O)[C@@H](O)C1O. The zero-order valence-corrected chi connectivity index (χ0v) is 48.4. The fourth-order valence-electron chi connectivity index (χ4n) is 10.3. The van der Waals surface area contributed by atoms with Gasteiger partial charge < -0.3 is 39.9 Å². The number of esters is 1. The van der Waals surface area contributed by atoms with Gasteiger partial charge in [-0.15, -0.1) is 0 Å². The van der Waals surface area contributed by atoms with Crippen molar-refractivity contribution in [2.75, 3.05) is 19.8 Å². The molecule has 1 fully saturated rings. The average Bonchev–Trinajstić information content (AvgIpc) is 3.38. The summed E-state index contributed by atoms with van der Waals surface area (Å²) >= 11 is 0. The summed E-state index contributed by atoms with van der Waals surface area (Å²) in [5.74, 6) is -0.465. The molecule has 436 valence electrons. The Kier molecular flexibility index (Phi) is 49.0. The quantitative estimate of drug-likeness (QED) is 0.0192. The Balaban J connectivity index is 2.21. The predicted molar refractivity (Wildman–Crippen MR) is 300 cm³/mol. The van der Waals surface area contributed by atoms with Gasteiger partial charge in [-0.1, -0.05) is 296 Å². The van der Waals surface area contributed by atoms with Crippen molar-refractivity contribution >= 4 is 13.8 Å². The van der Waals surface area contributed by atoms with Crippen LogP contribution >= 0.6 is 7.82 Å². The molecule has 1 rings (SSSR count). The number of hydrogen-bond donors (Lipinski definition) is 6. The zero-order chi connectivity index (χ0) is 53.3. The number of rotatable bonds is 56. The van der Waals surface area contributed by atoms with Crippen LogP contribution in [0.4, 0.5) is 0 Å². The van der Waals surface area contributed by atoms with E-state index in [-0.39, 0.29) is 13.0 Å². The van der Waals surface area contributed by atoms with Gasteiger partial charge in [-0.25, -0.2) is 4.57 Å². The van der Waals surface area contributed by atoms with Crippen LogP contribution < -0.4 is 0 Å². The molecule has 13 heteroatoms. The van der Waals surface area contributed by atoms with Gasteiger partial charge in [0.15, 0.2) is 0 Å². The van der Waals surface area contributed by atoms with E-state index in [2.05, 4.69) is 13.8 Å². The van der Waals surface area contributed by atoms with Crippen molar-refractivity contribution in [1.29, 1.82) is 0 Å². The van der Waals surface area contributed by atoms with Gasteiger partial charge in [-0.3, -0.25) is 13.8 Å². The second-order valence-electron chi connectivity index (χ2n) is 22.3. The maximum Gasteiger partial charge on any atom is 0.472 e. The van der Waals surface area contributed by atoms with Crippen LogP contribution in [-0.2, 0) is 27.9 Å². The minimum atomic E-state index is -5.02. The normalized spacial score (nSPS) is 20.4. The first-order valence-corrected chi connectivity index (χ1v) is 32.9. The maximum absolute atomic E-state index is 12.9. The fourth-order valence-corrected chi connectivity index (χ4v) is 11.3. The Morgan fingerprint density at radius 1 is 0.384 bits per heavy atom. The molecule has 0 aromatic rings. The van der Waals surface area contributed by atoms with Crippen LogP contribution in [0.2, 0.25) is 0 Å². The van der Waals surface area contributed by atoms with Crippen LogP contribution in [0.5, 0.6) is 0 Å². The molecule has 1 aliphatic rings. The lowest BCUT2D eigenvalue weighted by molar-refractivity contribution is -0.220. The molecular formula is C60H119O12P. The molecule has 0 spiro atoms. The molecule has 73 heavy (non-hydrogen) atoms. The van der Waals surface area contributed by atoms with E-state index in [1.807, 2.05) is 0 Å². The number of unbranched alkanes of at least 4 members (excludes halogenated alkanes) is 44. The van der Waals surface area contributed by atoms with Crippen molar-refractivity contribution in [3.63, 3.8) is 0 Å². The van der Waals surface area contributed by atoms with Gasteiger partial charge in [-0.2, -0.15) is 0 Å². The predicted octanol–water partition coefficient (Wildman–Crippen LogP) is 15.6. The van der Waals surface area contributed by atoms with Gasteiger partial charge in [0.25, 0.3) is 0 Å². The highest BCUT2D eigenvalue weighted by molar-refractivity contribution is 7.47. The molecule has 0 saturated heterocycles. The van der Waals surface area contributed by atoms with Crippen molar-refractivity contribution in [3.05, 3.63) is 0 Å².